The monoisotopic (exact) mass is 293 g/mol. The molecular formula is C16H11N3OS. The number of nitrogens with one attached hydrogen (secondary N) is 1. The van der Waals surface area contributed by atoms with Crippen LogP contribution in [-0.2, 0) is 0 Å². The summed E-state index contributed by atoms with van der Waals surface area (Å²) in [5.74, 6) is 0.176. The smallest absolute Gasteiger partial charge is 0.171 e. The van der Waals surface area contributed by atoms with E-state index in [1.165, 1.54) is 11.8 Å². The zero-order chi connectivity index (χ0) is 14.7. The van der Waals surface area contributed by atoms with E-state index in [1.54, 1.807) is 24.3 Å². The lowest BCUT2D eigenvalue weighted by Crippen LogP contribution is -1.78. The molecule has 0 atom stereocenters. The molecule has 0 radical (unpaired) electrons. The van der Waals surface area contributed by atoms with Crippen LogP contribution < -0.4 is 0 Å². The molecule has 5 heteroatoms. The van der Waals surface area contributed by atoms with Gasteiger partial charge in [0, 0.05) is 0 Å². The largest absolute Gasteiger partial charge is 0.508 e. The van der Waals surface area contributed by atoms with Crippen LogP contribution in [0, 0.1) is 11.3 Å². The molecule has 1 aromatic heterocycles. The number of allylic oxidation sites excluding steroid dienone is 1. The number of phenols is 1. The van der Waals surface area contributed by atoms with E-state index in [-0.39, 0.29) is 5.75 Å². The summed E-state index contributed by atoms with van der Waals surface area (Å²) in [6.45, 7) is 0. The van der Waals surface area contributed by atoms with Crippen LogP contribution in [0.5, 0.6) is 5.75 Å². The van der Waals surface area contributed by atoms with E-state index >= 15 is 0 Å². The third-order valence-electron chi connectivity index (χ3n) is 2.85. The highest BCUT2D eigenvalue weighted by Gasteiger charge is 2.06. The molecule has 21 heavy (non-hydrogen) atoms. The Kier molecular flexibility index (Phi) is 3.63. The molecule has 2 N–H and O–H groups in total. The van der Waals surface area contributed by atoms with Gasteiger partial charge in [-0.05, 0) is 47.7 Å². The maximum Gasteiger partial charge on any atom is 0.171 e. The highest BCUT2D eigenvalue weighted by atomic mass is 32.2. The van der Waals surface area contributed by atoms with Gasteiger partial charge in [0.15, 0.2) is 5.16 Å². The molecule has 2 aromatic carbocycles. The van der Waals surface area contributed by atoms with Crippen LogP contribution in [0.4, 0.5) is 0 Å². The molecule has 0 aliphatic carbocycles. The Morgan fingerprint density at radius 3 is 2.86 bits per heavy atom. The van der Waals surface area contributed by atoms with Crippen LogP contribution in [0.25, 0.3) is 17.1 Å². The maximum absolute atomic E-state index is 9.45. The van der Waals surface area contributed by atoms with Crippen LogP contribution in [0.2, 0.25) is 0 Å². The minimum absolute atomic E-state index is 0.176. The molecule has 1 heterocycles. The van der Waals surface area contributed by atoms with Crippen LogP contribution in [0.1, 0.15) is 5.56 Å². The zero-order valence-electron chi connectivity index (χ0n) is 10.9. The number of aromatic nitrogens is 2. The van der Waals surface area contributed by atoms with Gasteiger partial charge in [0.2, 0.25) is 0 Å². The first-order chi connectivity index (χ1) is 10.2. The number of imidazole rings is 1. The SMILES string of the molecule is N#C/C(=C\c1cccc(O)c1)Sc1nc2ccccc2[nH]1. The van der Waals surface area contributed by atoms with Crippen molar-refractivity contribution in [2.75, 3.05) is 0 Å². The molecule has 0 unspecified atom stereocenters. The topological polar surface area (TPSA) is 72.7 Å². The van der Waals surface area contributed by atoms with E-state index in [4.69, 9.17) is 0 Å². The van der Waals surface area contributed by atoms with Crippen molar-refractivity contribution in [3.05, 3.63) is 59.0 Å². The van der Waals surface area contributed by atoms with Gasteiger partial charge in [-0.1, -0.05) is 24.3 Å². The lowest BCUT2D eigenvalue weighted by Gasteiger charge is -1.97. The highest BCUT2D eigenvalue weighted by Crippen LogP contribution is 2.27. The number of para-hydroxylation sites is 2. The van der Waals surface area contributed by atoms with E-state index in [0.717, 1.165) is 16.6 Å². The Bertz CT molecular complexity index is 828. The molecule has 0 spiro atoms. The normalized spacial score (nSPS) is 11.5. The summed E-state index contributed by atoms with van der Waals surface area (Å²) in [6, 6.07) is 16.6. The van der Waals surface area contributed by atoms with Crippen LogP contribution in [-0.4, -0.2) is 15.1 Å². The number of H-pyrrole nitrogens is 1. The van der Waals surface area contributed by atoms with Crippen molar-refractivity contribution in [2.45, 2.75) is 5.16 Å². The van der Waals surface area contributed by atoms with Gasteiger partial charge in [-0.3, -0.25) is 0 Å². The van der Waals surface area contributed by atoms with Gasteiger partial charge in [-0.25, -0.2) is 4.98 Å². The number of fused-ring (bicyclic) bond motifs is 1. The highest BCUT2D eigenvalue weighted by molar-refractivity contribution is 8.03. The second kappa shape index (κ2) is 5.73. The molecule has 0 saturated carbocycles. The van der Waals surface area contributed by atoms with Gasteiger partial charge in [0.25, 0.3) is 0 Å². The summed E-state index contributed by atoms with van der Waals surface area (Å²) >= 11 is 1.27. The van der Waals surface area contributed by atoms with Gasteiger partial charge in [0.05, 0.1) is 15.9 Å². The molecule has 0 aliphatic heterocycles. The second-order valence-electron chi connectivity index (χ2n) is 4.38. The number of phenolic OH excluding ortho intramolecular Hbond substituents is 1. The molecule has 0 aliphatic rings. The van der Waals surface area contributed by atoms with E-state index in [0.29, 0.717) is 10.1 Å². The van der Waals surface area contributed by atoms with Crippen molar-refractivity contribution >= 4 is 28.9 Å². The third-order valence-corrected chi connectivity index (χ3v) is 3.67. The number of hydrogen-bond acceptors (Lipinski definition) is 4. The Hall–Kier alpha value is -2.71. The van der Waals surface area contributed by atoms with Gasteiger partial charge >= 0.3 is 0 Å². The van der Waals surface area contributed by atoms with E-state index in [1.807, 2.05) is 30.3 Å². The molecule has 3 rings (SSSR count). The summed E-state index contributed by atoms with van der Waals surface area (Å²) in [5, 5.41) is 19.4. The maximum atomic E-state index is 9.45. The molecule has 0 bridgehead atoms. The molecule has 0 saturated heterocycles. The summed E-state index contributed by atoms with van der Waals surface area (Å²) in [5.41, 5.74) is 2.58. The number of hydrogen-bond donors (Lipinski definition) is 2. The average Bonchev–Trinajstić information content (AvgIpc) is 2.89. The number of thioether (sulfide) groups is 1. The average molecular weight is 293 g/mol. The summed E-state index contributed by atoms with van der Waals surface area (Å²) in [6.07, 6.45) is 1.72. The van der Waals surface area contributed by atoms with Crippen molar-refractivity contribution < 1.29 is 5.11 Å². The van der Waals surface area contributed by atoms with E-state index < -0.39 is 0 Å². The van der Waals surface area contributed by atoms with Crippen molar-refractivity contribution in [1.82, 2.24) is 9.97 Å². The van der Waals surface area contributed by atoms with Gasteiger partial charge in [-0.15, -0.1) is 0 Å². The summed E-state index contributed by atoms with van der Waals surface area (Å²) in [4.78, 5) is 8.09. The second-order valence-corrected chi connectivity index (χ2v) is 5.41. The first-order valence-corrected chi connectivity index (χ1v) is 7.10. The fraction of sp³-hybridized carbons (Fsp3) is 0. The number of nitrogens with zero attached hydrogens (tertiary/aromatic N) is 2. The predicted octanol–water partition coefficient (Wildman–Crippen LogP) is 3.93. The van der Waals surface area contributed by atoms with Crippen LogP contribution in [0.3, 0.4) is 0 Å². The number of aromatic amines is 1. The summed E-state index contributed by atoms with van der Waals surface area (Å²) < 4.78 is 0. The fourth-order valence-corrected chi connectivity index (χ4v) is 2.69. The van der Waals surface area contributed by atoms with E-state index in [2.05, 4.69) is 16.0 Å². The van der Waals surface area contributed by atoms with Gasteiger partial charge < -0.3 is 10.1 Å². The molecule has 102 valence electrons. The van der Waals surface area contributed by atoms with Crippen molar-refractivity contribution in [3.63, 3.8) is 0 Å². The van der Waals surface area contributed by atoms with Crippen molar-refractivity contribution in [3.8, 4) is 11.8 Å². The quantitative estimate of drug-likeness (QED) is 0.567. The van der Waals surface area contributed by atoms with Crippen molar-refractivity contribution in [1.29, 1.82) is 5.26 Å². The Morgan fingerprint density at radius 1 is 1.24 bits per heavy atom. The molecule has 0 amide bonds. The number of rotatable bonds is 3. The first-order valence-electron chi connectivity index (χ1n) is 6.28. The fourth-order valence-electron chi connectivity index (χ4n) is 1.93. The Morgan fingerprint density at radius 2 is 2.10 bits per heavy atom. The minimum Gasteiger partial charge on any atom is -0.508 e. The van der Waals surface area contributed by atoms with Crippen LogP contribution in [0.15, 0.2) is 58.6 Å². The van der Waals surface area contributed by atoms with Gasteiger partial charge in [0.1, 0.15) is 11.8 Å². The van der Waals surface area contributed by atoms with Gasteiger partial charge in [-0.2, -0.15) is 5.26 Å². The molecule has 0 fully saturated rings. The standard InChI is InChI=1S/C16H11N3OS/c17-10-13(9-11-4-3-5-12(20)8-11)21-16-18-14-6-1-2-7-15(14)19-16/h1-9,20H,(H,18,19)/b13-9+. The third kappa shape index (κ3) is 3.07. The van der Waals surface area contributed by atoms with Crippen molar-refractivity contribution in [2.24, 2.45) is 0 Å². The van der Waals surface area contributed by atoms with E-state index in [9.17, 15) is 10.4 Å². The molecule has 3 aromatic rings. The molecular weight excluding hydrogens is 282 g/mol. The minimum atomic E-state index is 0.176. The summed E-state index contributed by atoms with van der Waals surface area (Å²) in [7, 11) is 0. The Labute approximate surface area is 125 Å². The number of benzene rings is 2. The molecule has 4 nitrogen and oxygen atoms in total. The Balaban J connectivity index is 1.89. The predicted molar refractivity (Wildman–Crippen MR) is 83.6 cm³/mol. The number of aromatic hydroxyl groups is 1. The lowest BCUT2D eigenvalue weighted by molar-refractivity contribution is 0.475. The lowest BCUT2D eigenvalue weighted by atomic mass is 10.2. The number of nitriles is 1. The van der Waals surface area contributed by atoms with Crippen LogP contribution >= 0.6 is 11.8 Å². The first kappa shape index (κ1) is 13.3. The zero-order valence-corrected chi connectivity index (χ0v) is 11.8.